The zero-order chi connectivity index (χ0) is 13.1. The molecule has 100 valence electrons. The normalized spacial score (nSPS) is 22.8. The van der Waals surface area contributed by atoms with Gasteiger partial charge in [-0.25, -0.2) is 0 Å². The first kappa shape index (κ1) is 12.6. The second-order valence-electron chi connectivity index (χ2n) is 4.75. The smallest absolute Gasteiger partial charge is 0.214 e. The van der Waals surface area contributed by atoms with Crippen LogP contribution < -0.4 is 5.32 Å². The summed E-state index contributed by atoms with van der Waals surface area (Å²) in [5, 5.41) is 16.9. The van der Waals surface area contributed by atoms with Crippen LogP contribution >= 0.6 is 11.8 Å². The highest BCUT2D eigenvalue weighted by molar-refractivity contribution is 7.99. The molecule has 0 spiro atoms. The van der Waals surface area contributed by atoms with Gasteiger partial charge in [-0.2, -0.15) is 4.68 Å². The van der Waals surface area contributed by atoms with Gasteiger partial charge in [0.25, 0.3) is 0 Å². The van der Waals surface area contributed by atoms with Gasteiger partial charge in [0.15, 0.2) is 0 Å². The number of tetrazole rings is 1. The van der Waals surface area contributed by atoms with Crippen molar-refractivity contribution in [3.8, 4) is 5.69 Å². The van der Waals surface area contributed by atoms with E-state index in [-0.39, 0.29) is 0 Å². The molecule has 2 atom stereocenters. The van der Waals surface area contributed by atoms with E-state index >= 15 is 0 Å². The Hall–Kier alpha value is -1.40. The van der Waals surface area contributed by atoms with Crippen molar-refractivity contribution in [1.29, 1.82) is 0 Å². The molecule has 0 saturated heterocycles. The maximum atomic E-state index is 4.15. The average molecular weight is 275 g/mol. The maximum absolute atomic E-state index is 4.15. The van der Waals surface area contributed by atoms with Gasteiger partial charge in [0.1, 0.15) is 0 Å². The van der Waals surface area contributed by atoms with Crippen LogP contribution in [0.4, 0.5) is 0 Å². The molecule has 3 rings (SSSR count). The second kappa shape index (κ2) is 5.71. The fourth-order valence-electron chi connectivity index (χ4n) is 2.44. The molecule has 1 heterocycles. The Morgan fingerprint density at radius 1 is 1.26 bits per heavy atom. The topological polar surface area (TPSA) is 55.6 Å². The fourth-order valence-corrected chi connectivity index (χ4v) is 3.65. The molecule has 1 N–H and O–H groups in total. The van der Waals surface area contributed by atoms with E-state index in [9.17, 15) is 0 Å². The van der Waals surface area contributed by atoms with Crippen LogP contribution in [0.15, 0.2) is 35.5 Å². The van der Waals surface area contributed by atoms with E-state index in [0.29, 0.717) is 11.3 Å². The Morgan fingerprint density at radius 2 is 2.11 bits per heavy atom. The second-order valence-corrected chi connectivity index (χ2v) is 6.01. The molecule has 0 bridgehead atoms. The van der Waals surface area contributed by atoms with Crippen molar-refractivity contribution in [2.24, 2.45) is 0 Å². The van der Waals surface area contributed by atoms with Crippen molar-refractivity contribution in [2.45, 2.75) is 35.7 Å². The van der Waals surface area contributed by atoms with Crippen molar-refractivity contribution < 1.29 is 0 Å². The molecule has 2 unspecified atom stereocenters. The zero-order valence-corrected chi connectivity index (χ0v) is 11.7. The van der Waals surface area contributed by atoms with E-state index in [4.69, 9.17) is 0 Å². The summed E-state index contributed by atoms with van der Waals surface area (Å²) >= 11 is 1.79. The lowest BCUT2D eigenvalue weighted by molar-refractivity contribution is 0.583. The monoisotopic (exact) mass is 275 g/mol. The Labute approximate surface area is 116 Å². The number of rotatable bonds is 4. The molecule has 1 aromatic carbocycles. The molecule has 0 aliphatic heterocycles. The minimum absolute atomic E-state index is 0.603. The lowest BCUT2D eigenvalue weighted by Gasteiger charge is -2.10. The number of hydrogen-bond acceptors (Lipinski definition) is 5. The SMILES string of the molecule is CNC1CCC(Sc2nnnn2-c2ccccc2)C1. The highest BCUT2D eigenvalue weighted by Gasteiger charge is 2.26. The van der Waals surface area contributed by atoms with Crippen LogP contribution in [0.1, 0.15) is 19.3 Å². The number of nitrogens with zero attached hydrogens (tertiary/aromatic N) is 4. The third-order valence-electron chi connectivity index (χ3n) is 3.51. The van der Waals surface area contributed by atoms with Crippen LogP contribution in [0.2, 0.25) is 0 Å². The number of thioether (sulfide) groups is 1. The number of benzene rings is 1. The van der Waals surface area contributed by atoms with Gasteiger partial charge in [-0.05, 0) is 48.9 Å². The molecule has 1 aromatic heterocycles. The molecule has 2 aromatic rings. The van der Waals surface area contributed by atoms with Gasteiger partial charge < -0.3 is 5.32 Å². The Balaban J connectivity index is 1.75. The van der Waals surface area contributed by atoms with Gasteiger partial charge in [0.2, 0.25) is 5.16 Å². The summed E-state index contributed by atoms with van der Waals surface area (Å²) in [6.45, 7) is 0. The van der Waals surface area contributed by atoms with Gasteiger partial charge >= 0.3 is 0 Å². The molecule has 1 aliphatic carbocycles. The summed E-state index contributed by atoms with van der Waals surface area (Å²) in [6.07, 6.45) is 3.64. The van der Waals surface area contributed by atoms with Gasteiger partial charge in [-0.15, -0.1) is 5.10 Å². The predicted molar refractivity (Wildman–Crippen MR) is 75.5 cm³/mol. The van der Waals surface area contributed by atoms with Gasteiger partial charge in [-0.3, -0.25) is 0 Å². The summed E-state index contributed by atoms with van der Waals surface area (Å²) in [4.78, 5) is 0. The minimum atomic E-state index is 0.603. The summed E-state index contributed by atoms with van der Waals surface area (Å²) in [5.41, 5.74) is 1.01. The molecule has 0 amide bonds. The largest absolute Gasteiger partial charge is 0.317 e. The number of nitrogens with one attached hydrogen (secondary N) is 1. The van der Waals surface area contributed by atoms with Crippen molar-refractivity contribution in [3.63, 3.8) is 0 Å². The number of hydrogen-bond donors (Lipinski definition) is 1. The van der Waals surface area contributed by atoms with Crippen LogP contribution in [-0.4, -0.2) is 38.5 Å². The first-order valence-electron chi connectivity index (χ1n) is 6.54. The molecule has 1 fully saturated rings. The highest BCUT2D eigenvalue weighted by Crippen LogP contribution is 2.34. The van der Waals surface area contributed by atoms with Crippen molar-refractivity contribution in [1.82, 2.24) is 25.5 Å². The van der Waals surface area contributed by atoms with E-state index in [1.165, 1.54) is 19.3 Å². The lowest BCUT2D eigenvalue weighted by Crippen LogP contribution is -2.21. The van der Waals surface area contributed by atoms with Crippen LogP contribution in [0, 0.1) is 0 Å². The zero-order valence-electron chi connectivity index (χ0n) is 10.9. The van der Waals surface area contributed by atoms with Crippen LogP contribution in [0.25, 0.3) is 5.69 Å². The molecular formula is C13H17N5S. The average Bonchev–Trinajstić information content (AvgIpc) is 3.09. The van der Waals surface area contributed by atoms with Gasteiger partial charge in [0, 0.05) is 11.3 Å². The van der Waals surface area contributed by atoms with E-state index in [2.05, 4.69) is 20.8 Å². The fraction of sp³-hybridized carbons (Fsp3) is 0.462. The highest BCUT2D eigenvalue weighted by atomic mass is 32.2. The molecule has 1 saturated carbocycles. The first-order valence-corrected chi connectivity index (χ1v) is 7.42. The predicted octanol–water partition coefficient (Wildman–Crippen LogP) is 1.89. The third-order valence-corrected chi connectivity index (χ3v) is 4.73. The molecule has 5 nitrogen and oxygen atoms in total. The summed E-state index contributed by atoms with van der Waals surface area (Å²) in [7, 11) is 2.03. The van der Waals surface area contributed by atoms with Crippen LogP contribution in [0.3, 0.4) is 0 Å². The first-order chi connectivity index (χ1) is 9.36. The van der Waals surface area contributed by atoms with E-state index < -0.39 is 0 Å². The van der Waals surface area contributed by atoms with Crippen LogP contribution in [-0.2, 0) is 0 Å². The van der Waals surface area contributed by atoms with E-state index in [0.717, 1.165) is 10.8 Å². The molecule has 0 radical (unpaired) electrons. The molecular weight excluding hydrogens is 258 g/mol. The number of aromatic nitrogens is 4. The van der Waals surface area contributed by atoms with E-state index in [1.807, 2.05) is 42.1 Å². The van der Waals surface area contributed by atoms with Crippen LogP contribution in [0.5, 0.6) is 0 Å². The minimum Gasteiger partial charge on any atom is -0.317 e. The van der Waals surface area contributed by atoms with Gasteiger partial charge in [-0.1, -0.05) is 30.0 Å². The van der Waals surface area contributed by atoms with Crippen molar-refractivity contribution in [2.75, 3.05) is 7.05 Å². The Morgan fingerprint density at radius 3 is 2.84 bits per heavy atom. The lowest BCUT2D eigenvalue weighted by atomic mass is 10.3. The molecule has 19 heavy (non-hydrogen) atoms. The quantitative estimate of drug-likeness (QED) is 0.923. The third kappa shape index (κ3) is 2.79. The standard InChI is InChI=1S/C13H17N5S/c1-14-10-7-8-12(9-10)19-13-15-16-17-18(13)11-5-3-2-4-6-11/h2-6,10,12,14H,7-9H2,1H3. The molecule has 6 heteroatoms. The van der Waals surface area contributed by atoms with Crippen molar-refractivity contribution in [3.05, 3.63) is 30.3 Å². The number of para-hydroxylation sites is 1. The Bertz CT molecular complexity index is 527. The maximum Gasteiger partial charge on any atom is 0.214 e. The van der Waals surface area contributed by atoms with Gasteiger partial charge in [0.05, 0.1) is 5.69 Å². The van der Waals surface area contributed by atoms with E-state index in [1.54, 1.807) is 11.8 Å². The van der Waals surface area contributed by atoms with Crippen molar-refractivity contribution >= 4 is 11.8 Å². The summed E-state index contributed by atoms with van der Waals surface area (Å²) < 4.78 is 1.82. The summed E-state index contributed by atoms with van der Waals surface area (Å²) in [5.74, 6) is 0. The molecule has 1 aliphatic rings. The summed E-state index contributed by atoms with van der Waals surface area (Å²) in [6, 6.07) is 10.7. The Kier molecular flexibility index (Phi) is 3.79.